The van der Waals surface area contributed by atoms with Crippen LogP contribution in [0.15, 0.2) is 42.5 Å². The number of alkyl halides is 6. The molecule has 13 heteroatoms. The Morgan fingerprint density at radius 2 is 1.67 bits per heavy atom. The summed E-state index contributed by atoms with van der Waals surface area (Å²) >= 11 is 1.09. The molecule has 6 nitrogen and oxygen atoms in total. The van der Waals surface area contributed by atoms with Gasteiger partial charge in [-0.05, 0) is 44.0 Å². The van der Waals surface area contributed by atoms with Crippen LogP contribution in [0.5, 0.6) is 0 Å². The average molecular weight is 528 g/mol. The fraction of sp³-hybridized carbons (Fsp3) is 0.304. The molecule has 0 spiro atoms. The third-order valence-corrected chi connectivity index (χ3v) is 6.46. The van der Waals surface area contributed by atoms with Crippen molar-refractivity contribution in [2.24, 2.45) is 0 Å². The highest BCUT2D eigenvalue weighted by molar-refractivity contribution is 7.18. The number of carbonyl (C=O) groups excluding carboxylic acids is 2. The number of aryl methyl sites for hydroxylation is 1. The molecule has 3 aromatic rings. The van der Waals surface area contributed by atoms with Crippen LogP contribution in [-0.4, -0.2) is 39.5 Å². The van der Waals surface area contributed by atoms with Crippen molar-refractivity contribution in [2.75, 3.05) is 11.9 Å². The van der Waals surface area contributed by atoms with Gasteiger partial charge in [-0.1, -0.05) is 35.1 Å². The maximum absolute atomic E-state index is 13.2. The van der Waals surface area contributed by atoms with E-state index in [-0.39, 0.29) is 24.2 Å². The van der Waals surface area contributed by atoms with Crippen LogP contribution in [0.4, 0.5) is 31.5 Å². The van der Waals surface area contributed by atoms with Crippen LogP contribution >= 0.6 is 11.3 Å². The number of hydrogen-bond donors (Lipinski definition) is 1. The summed E-state index contributed by atoms with van der Waals surface area (Å²) in [6.45, 7) is 1.90. The number of hydrogen-bond acceptors (Lipinski definition) is 5. The zero-order valence-electron chi connectivity index (χ0n) is 18.6. The molecule has 1 atom stereocenters. The lowest BCUT2D eigenvalue weighted by Gasteiger charge is -2.24. The Morgan fingerprint density at radius 1 is 1.00 bits per heavy atom. The molecular formula is C23H18F6N4O2S. The van der Waals surface area contributed by atoms with Crippen molar-refractivity contribution in [1.82, 2.24) is 15.1 Å². The van der Waals surface area contributed by atoms with Gasteiger partial charge < -0.3 is 4.90 Å². The Labute approximate surface area is 204 Å². The van der Waals surface area contributed by atoms with Crippen molar-refractivity contribution in [3.63, 3.8) is 0 Å². The maximum Gasteiger partial charge on any atom is 0.416 e. The van der Waals surface area contributed by atoms with Gasteiger partial charge in [-0.25, -0.2) is 0 Å². The predicted octanol–water partition coefficient (Wildman–Crippen LogP) is 5.79. The van der Waals surface area contributed by atoms with E-state index < -0.39 is 46.9 Å². The number of amides is 2. The van der Waals surface area contributed by atoms with Crippen LogP contribution in [0.25, 0.3) is 10.6 Å². The molecule has 2 heterocycles. The summed E-state index contributed by atoms with van der Waals surface area (Å²) < 4.78 is 79.2. The lowest BCUT2D eigenvalue weighted by atomic mass is 10.0. The molecule has 1 N–H and O–H groups in total. The first-order valence-electron chi connectivity index (χ1n) is 10.6. The minimum Gasteiger partial charge on any atom is -0.327 e. The number of nitrogens with zero attached hydrogens (tertiary/aromatic N) is 3. The predicted molar refractivity (Wildman–Crippen MR) is 119 cm³/mol. The first-order chi connectivity index (χ1) is 16.8. The summed E-state index contributed by atoms with van der Waals surface area (Å²) in [5.41, 5.74) is -2.21. The molecule has 2 amide bonds. The van der Waals surface area contributed by atoms with E-state index in [1.54, 1.807) is 0 Å². The number of rotatable bonds is 4. The quantitative estimate of drug-likeness (QED) is 0.435. The normalized spacial score (nSPS) is 16.3. The molecule has 0 aliphatic carbocycles. The van der Waals surface area contributed by atoms with Gasteiger partial charge in [-0.3, -0.25) is 14.9 Å². The smallest absolute Gasteiger partial charge is 0.327 e. The van der Waals surface area contributed by atoms with Crippen LogP contribution in [-0.2, 0) is 17.1 Å². The van der Waals surface area contributed by atoms with Gasteiger partial charge in [-0.2, -0.15) is 26.3 Å². The van der Waals surface area contributed by atoms with E-state index in [2.05, 4.69) is 15.5 Å². The van der Waals surface area contributed by atoms with Gasteiger partial charge in [0.25, 0.3) is 5.91 Å². The fourth-order valence-corrected chi connectivity index (χ4v) is 4.63. The average Bonchev–Trinajstić information content (AvgIpc) is 3.47. The van der Waals surface area contributed by atoms with Gasteiger partial charge >= 0.3 is 12.4 Å². The molecule has 1 unspecified atom stereocenters. The summed E-state index contributed by atoms with van der Waals surface area (Å²) in [4.78, 5) is 26.8. The summed E-state index contributed by atoms with van der Waals surface area (Å²) in [6.07, 6.45) is -9.65. The van der Waals surface area contributed by atoms with E-state index in [1.165, 1.54) is 0 Å². The SMILES string of the molecule is Cc1cccc(-c2nnc(NC(=O)C3CCCN3C(=O)c3cc(C(F)(F)F)cc(C(F)(F)F)c3)s2)c1. The third-order valence-electron chi connectivity index (χ3n) is 5.57. The van der Waals surface area contributed by atoms with E-state index in [9.17, 15) is 35.9 Å². The first-order valence-corrected chi connectivity index (χ1v) is 11.5. The summed E-state index contributed by atoms with van der Waals surface area (Å²) in [7, 11) is 0. The highest BCUT2D eigenvalue weighted by Crippen LogP contribution is 2.37. The minimum absolute atomic E-state index is 0.000816. The highest BCUT2D eigenvalue weighted by Gasteiger charge is 2.40. The molecular weight excluding hydrogens is 510 g/mol. The van der Waals surface area contributed by atoms with E-state index >= 15 is 0 Å². The molecule has 1 fully saturated rings. The summed E-state index contributed by atoms with van der Waals surface area (Å²) in [5.74, 6) is -1.75. The molecule has 1 saturated heterocycles. The fourth-order valence-electron chi connectivity index (χ4n) is 3.88. The Morgan fingerprint density at radius 3 is 2.28 bits per heavy atom. The third kappa shape index (κ3) is 5.50. The first kappa shape index (κ1) is 25.6. The highest BCUT2D eigenvalue weighted by atomic mass is 32.1. The van der Waals surface area contributed by atoms with Gasteiger partial charge in [0.2, 0.25) is 11.0 Å². The molecule has 4 rings (SSSR count). The number of aromatic nitrogens is 2. The maximum atomic E-state index is 13.2. The second-order valence-electron chi connectivity index (χ2n) is 8.22. The van der Waals surface area contributed by atoms with Gasteiger partial charge in [0.05, 0.1) is 11.1 Å². The number of benzene rings is 2. The van der Waals surface area contributed by atoms with E-state index in [4.69, 9.17) is 0 Å². The second kappa shape index (κ2) is 9.52. The zero-order chi connectivity index (χ0) is 26.3. The lowest BCUT2D eigenvalue weighted by Crippen LogP contribution is -2.43. The van der Waals surface area contributed by atoms with Crippen LogP contribution < -0.4 is 5.32 Å². The number of nitrogens with one attached hydrogen (secondary N) is 1. The molecule has 1 aromatic heterocycles. The largest absolute Gasteiger partial charge is 0.416 e. The Balaban J connectivity index is 1.55. The van der Waals surface area contributed by atoms with Crippen molar-refractivity contribution in [3.8, 4) is 10.6 Å². The zero-order valence-corrected chi connectivity index (χ0v) is 19.4. The van der Waals surface area contributed by atoms with Gasteiger partial charge in [-0.15, -0.1) is 10.2 Å². The van der Waals surface area contributed by atoms with Crippen LogP contribution in [0.2, 0.25) is 0 Å². The monoisotopic (exact) mass is 528 g/mol. The number of anilines is 1. The molecule has 2 aromatic carbocycles. The van der Waals surface area contributed by atoms with Crippen molar-refractivity contribution in [1.29, 1.82) is 0 Å². The molecule has 190 valence electrons. The summed E-state index contributed by atoms with van der Waals surface area (Å²) in [5, 5.41) is 11.2. The van der Waals surface area contributed by atoms with E-state index in [0.717, 1.165) is 27.4 Å². The summed E-state index contributed by atoms with van der Waals surface area (Å²) in [6, 6.07) is 7.03. The van der Waals surface area contributed by atoms with Gasteiger partial charge in [0.1, 0.15) is 11.0 Å². The minimum atomic E-state index is -5.09. The Hall–Kier alpha value is -3.48. The molecule has 1 aliphatic heterocycles. The molecule has 36 heavy (non-hydrogen) atoms. The molecule has 0 radical (unpaired) electrons. The molecule has 1 aliphatic rings. The van der Waals surface area contributed by atoms with Crippen molar-refractivity contribution in [3.05, 3.63) is 64.7 Å². The standard InChI is InChI=1S/C23H18F6N4O2S/c1-12-4-2-5-13(8-12)19-31-32-21(36-19)30-18(34)17-6-3-7-33(17)20(35)14-9-15(22(24,25)26)11-16(10-14)23(27,28)29/h2,4-5,8-11,17H,3,6-7H2,1H3,(H,30,32,34). The topological polar surface area (TPSA) is 75.2 Å². The van der Waals surface area contributed by atoms with E-state index in [0.29, 0.717) is 23.6 Å². The van der Waals surface area contributed by atoms with Crippen molar-refractivity contribution >= 4 is 28.3 Å². The van der Waals surface area contributed by atoms with Crippen LogP contribution in [0.3, 0.4) is 0 Å². The van der Waals surface area contributed by atoms with Gasteiger partial charge in [0, 0.05) is 17.7 Å². The van der Waals surface area contributed by atoms with E-state index in [1.807, 2.05) is 31.2 Å². The number of likely N-dealkylation sites (tertiary alicyclic amines) is 1. The van der Waals surface area contributed by atoms with Crippen molar-refractivity contribution in [2.45, 2.75) is 38.2 Å². The Kier molecular flexibility index (Phi) is 6.78. The second-order valence-corrected chi connectivity index (χ2v) is 9.20. The van der Waals surface area contributed by atoms with Crippen LogP contribution in [0, 0.1) is 6.92 Å². The molecule has 0 bridgehead atoms. The number of carbonyl (C=O) groups is 2. The lowest BCUT2D eigenvalue weighted by molar-refractivity contribution is -0.143. The molecule has 0 saturated carbocycles. The number of halogens is 6. The Bertz CT molecular complexity index is 1270. The van der Waals surface area contributed by atoms with Gasteiger partial charge in [0.15, 0.2) is 0 Å². The van der Waals surface area contributed by atoms with Crippen LogP contribution in [0.1, 0.15) is 39.9 Å². The van der Waals surface area contributed by atoms with Crippen molar-refractivity contribution < 1.29 is 35.9 Å².